The van der Waals surface area contributed by atoms with E-state index in [0.717, 1.165) is 11.1 Å². The average molecular weight is 363 g/mol. The van der Waals surface area contributed by atoms with Crippen LogP contribution in [0.3, 0.4) is 0 Å². The second kappa shape index (κ2) is 6.71. The number of hydrogen-bond donors (Lipinski definition) is 1. The number of aliphatic imine (C=N–C) groups is 1. The third-order valence-corrected chi connectivity index (χ3v) is 4.35. The summed E-state index contributed by atoms with van der Waals surface area (Å²) in [5.74, 6) is 0.102. The molecule has 0 aliphatic carbocycles. The number of fused-ring (bicyclic) bond motifs is 1. The van der Waals surface area contributed by atoms with E-state index in [1.807, 2.05) is 54.6 Å². The first-order valence-corrected chi connectivity index (χ1v) is 8.46. The van der Waals surface area contributed by atoms with Gasteiger partial charge in [-0.2, -0.15) is 0 Å². The van der Waals surface area contributed by atoms with Gasteiger partial charge in [0.25, 0.3) is 5.91 Å². The minimum Gasteiger partial charge on any atom is -0.302 e. The molecule has 0 radical (unpaired) electrons. The highest BCUT2D eigenvalue weighted by atomic mass is 35.5. The van der Waals surface area contributed by atoms with Crippen molar-refractivity contribution in [2.45, 2.75) is 6.17 Å². The van der Waals surface area contributed by atoms with E-state index in [1.54, 1.807) is 12.1 Å². The van der Waals surface area contributed by atoms with Gasteiger partial charge in [-0.05, 0) is 18.2 Å². The Bertz CT molecular complexity index is 986. The standard InChI is InChI=1S/C20H15ClN4O/c21-14-10-11-17(23-12-14)25-16-9-5-4-8-15(16)18(24-19(22)20(25)26)13-6-2-1-3-7-13/h1-12,19H,22H2. The number of benzodiazepines with no additional fused rings is 1. The molecule has 4 rings (SSSR count). The third kappa shape index (κ3) is 2.87. The van der Waals surface area contributed by atoms with Gasteiger partial charge < -0.3 is 5.73 Å². The molecule has 1 atom stereocenters. The van der Waals surface area contributed by atoms with Gasteiger partial charge in [0.2, 0.25) is 0 Å². The first-order valence-electron chi connectivity index (χ1n) is 8.09. The van der Waals surface area contributed by atoms with Crippen LogP contribution >= 0.6 is 11.6 Å². The Kier molecular flexibility index (Phi) is 4.24. The molecule has 128 valence electrons. The van der Waals surface area contributed by atoms with Gasteiger partial charge in [0.1, 0.15) is 5.82 Å². The molecular weight excluding hydrogens is 348 g/mol. The highest BCUT2D eigenvalue weighted by Crippen LogP contribution is 2.32. The van der Waals surface area contributed by atoms with Crippen molar-refractivity contribution in [2.75, 3.05) is 4.90 Å². The van der Waals surface area contributed by atoms with Gasteiger partial charge in [-0.15, -0.1) is 0 Å². The van der Waals surface area contributed by atoms with E-state index in [0.29, 0.717) is 22.2 Å². The molecular formula is C20H15ClN4O. The molecule has 1 amide bonds. The molecule has 1 unspecified atom stereocenters. The Morgan fingerprint density at radius 1 is 0.962 bits per heavy atom. The topological polar surface area (TPSA) is 71.6 Å². The van der Waals surface area contributed by atoms with Crippen molar-refractivity contribution in [3.63, 3.8) is 0 Å². The number of halogens is 1. The summed E-state index contributed by atoms with van der Waals surface area (Å²) >= 11 is 5.94. The fourth-order valence-electron chi connectivity index (χ4n) is 2.95. The van der Waals surface area contributed by atoms with Crippen LogP contribution in [0.1, 0.15) is 11.1 Å². The predicted molar refractivity (Wildman–Crippen MR) is 103 cm³/mol. The van der Waals surface area contributed by atoms with Crippen LogP contribution in [0.2, 0.25) is 5.02 Å². The van der Waals surface area contributed by atoms with Crippen LogP contribution in [-0.4, -0.2) is 22.8 Å². The SMILES string of the molecule is NC1N=C(c2ccccc2)c2ccccc2N(c2ccc(Cl)cn2)C1=O. The van der Waals surface area contributed by atoms with E-state index in [-0.39, 0.29) is 5.91 Å². The molecule has 0 spiro atoms. The Morgan fingerprint density at radius 3 is 2.42 bits per heavy atom. The first kappa shape index (κ1) is 16.4. The van der Waals surface area contributed by atoms with Crippen LogP contribution in [0, 0.1) is 0 Å². The largest absolute Gasteiger partial charge is 0.302 e. The molecule has 5 nitrogen and oxygen atoms in total. The lowest BCUT2D eigenvalue weighted by molar-refractivity contribution is -0.118. The summed E-state index contributed by atoms with van der Waals surface area (Å²) in [7, 11) is 0. The van der Waals surface area contributed by atoms with E-state index >= 15 is 0 Å². The Hall–Kier alpha value is -3.02. The first-order chi connectivity index (χ1) is 12.6. The maximum Gasteiger partial charge on any atom is 0.272 e. The van der Waals surface area contributed by atoms with Crippen molar-refractivity contribution >= 4 is 34.7 Å². The molecule has 0 bridgehead atoms. The van der Waals surface area contributed by atoms with Crippen molar-refractivity contribution in [3.05, 3.63) is 89.1 Å². The number of hydrogen-bond acceptors (Lipinski definition) is 4. The molecule has 1 aromatic heterocycles. The van der Waals surface area contributed by atoms with Gasteiger partial charge in [0, 0.05) is 17.3 Å². The number of para-hydroxylation sites is 1. The van der Waals surface area contributed by atoms with E-state index in [4.69, 9.17) is 17.3 Å². The molecule has 1 aliphatic heterocycles. The lowest BCUT2D eigenvalue weighted by atomic mass is 10.0. The summed E-state index contributed by atoms with van der Waals surface area (Å²) in [5.41, 5.74) is 9.19. The van der Waals surface area contributed by atoms with E-state index in [2.05, 4.69) is 9.98 Å². The molecule has 6 heteroatoms. The number of amides is 1. The quantitative estimate of drug-likeness (QED) is 0.758. The van der Waals surface area contributed by atoms with E-state index in [9.17, 15) is 4.79 Å². The van der Waals surface area contributed by atoms with Crippen LogP contribution in [0.4, 0.5) is 11.5 Å². The number of nitrogens with zero attached hydrogens (tertiary/aromatic N) is 3. The zero-order valence-corrected chi connectivity index (χ0v) is 14.5. The second-order valence-electron chi connectivity index (χ2n) is 5.81. The zero-order chi connectivity index (χ0) is 18.1. The van der Waals surface area contributed by atoms with Crippen molar-refractivity contribution in [1.82, 2.24) is 4.98 Å². The fourth-order valence-corrected chi connectivity index (χ4v) is 3.06. The summed E-state index contributed by atoms with van der Waals surface area (Å²) in [6.45, 7) is 0. The summed E-state index contributed by atoms with van der Waals surface area (Å²) in [6, 6.07) is 20.6. The van der Waals surface area contributed by atoms with Crippen molar-refractivity contribution in [3.8, 4) is 0 Å². The van der Waals surface area contributed by atoms with Crippen LogP contribution < -0.4 is 10.6 Å². The van der Waals surface area contributed by atoms with Gasteiger partial charge in [-0.3, -0.25) is 14.7 Å². The van der Waals surface area contributed by atoms with Gasteiger partial charge in [-0.25, -0.2) is 4.98 Å². The normalized spacial score (nSPS) is 16.7. The maximum absolute atomic E-state index is 13.0. The number of carbonyl (C=O) groups excluding carboxylic acids is 1. The van der Waals surface area contributed by atoms with Crippen LogP contribution in [0.15, 0.2) is 77.9 Å². The second-order valence-corrected chi connectivity index (χ2v) is 6.25. The van der Waals surface area contributed by atoms with E-state index < -0.39 is 6.17 Å². The molecule has 0 saturated carbocycles. The number of nitrogens with two attached hydrogens (primary N) is 1. The number of pyridine rings is 1. The molecule has 1 aliphatic rings. The lowest BCUT2D eigenvalue weighted by Crippen LogP contribution is -2.40. The molecule has 0 fully saturated rings. The molecule has 3 aromatic rings. The molecule has 0 saturated heterocycles. The summed E-state index contributed by atoms with van der Waals surface area (Å²) in [5, 5.41) is 0.495. The molecule has 2 aromatic carbocycles. The van der Waals surface area contributed by atoms with Crippen molar-refractivity contribution < 1.29 is 4.79 Å². The van der Waals surface area contributed by atoms with Gasteiger partial charge in [0.05, 0.1) is 16.4 Å². The van der Waals surface area contributed by atoms with Crippen LogP contribution in [0.25, 0.3) is 0 Å². The molecule has 2 heterocycles. The minimum atomic E-state index is -1.03. The lowest BCUT2D eigenvalue weighted by Gasteiger charge is -2.23. The average Bonchev–Trinajstić information content (AvgIpc) is 2.79. The maximum atomic E-state index is 13.0. The summed E-state index contributed by atoms with van der Waals surface area (Å²) in [4.78, 5) is 23.3. The highest BCUT2D eigenvalue weighted by Gasteiger charge is 2.31. The van der Waals surface area contributed by atoms with Crippen LogP contribution in [-0.2, 0) is 4.79 Å². The van der Waals surface area contributed by atoms with Crippen molar-refractivity contribution in [1.29, 1.82) is 0 Å². The molecule has 2 N–H and O–H groups in total. The highest BCUT2D eigenvalue weighted by molar-refractivity contribution is 6.30. The predicted octanol–water partition coefficient (Wildman–Crippen LogP) is 3.54. The van der Waals surface area contributed by atoms with Crippen LogP contribution in [0.5, 0.6) is 0 Å². The van der Waals surface area contributed by atoms with Gasteiger partial charge >= 0.3 is 0 Å². The van der Waals surface area contributed by atoms with E-state index in [1.165, 1.54) is 11.1 Å². The number of carbonyl (C=O) groups is 1. The number of aromatic nitrogens is 1. The monoisotopic (exact) mass is 362 g/mol. The number of rotatable bonds is 2. The number of benzene rings is 2. The third-order valence-electron chi connectivity index (χ3n) is 4.13. The number of anilines is 2. The van der Waals surface area contributed by atoms with Gasteiger partial charge in [0.15, 0.2) is 6.17 Å². The van der Waals surface area contributed by atoms with Gasteiger partial charge in [-0.1, -0.05) is 60.1 Å². The Balaban J connectivity index is 1.93. The summed E-state index contributed by atoms with van der Waals surface area (Å²) in [6.07, 6.45) is 0.470. The Labute approximate surface area is 155 Å². The molecule has 26 heavy (non-hydrogen) atoms. The minimum absolute atomic E-state index is 0.349. The zero-order valence-electron chi connectivity index (χ0n) is 13.7. The Morgan fingerprint density at radius 2 is 1.69 bits per heavy atom. The fraction of sp³-hybridized carbons (Fsp3) is 0.0500. The van der Waals surface area contributed by atoms with Crippen molar-refractivity contribution in [2.24, 2.45) is 10.7 Å². The summed E-state index contributed by atoms with van der Waals surface area (Å²) < 4.78 is 0. The smallest absolute Gasteiger partial charge is 0.272 e.